The van der Waals surface area contributed by atoms with Crippen molar-refractivity contribution in [3.8, 4) is 0 Å². The quantitative estimate of drug-likeness (QED) is 0.650. The van der Waals surface area contributed by atoms with Crippen LogP contribution in [0.25, 0.3) is 0 Å². The fourth-order valence-corrected chi connectivity index (χ4v) is 3.37. The lowest BCUT2D eigenvalue weighted by atomic mass is 10.1. The minimum absolute atomic E-state index is 0.107. The summed E-state index contributed by atoms with van der Waals surface area (Å²) in [7, 11) is 0. The van der Waals surface area contributed by atoms with Crippen molar-refractivity contribution in [2.45, 2.75) is 48.8 Å². The molecule has 0 aromatic carbocycles. The number of hydrogen-bond donors (Lipinski definition) is 2. The standard InChI is InChI=1S/2C8H12O4/c2*1-2-10-6-4-12-7-5(9)3-11-8(6)7/h2*2,5-9H,1,3-4H2/t5-,6+,7+,8+;5-,6+,7-,8-/m01/s1. The van der Waals surface area contributed by atoms with Crippen LogP contribution in [-0.2, 0) is 28.4 Å². The van der Waals surface area contributed by atoms with Crippen LogP contribution in [0.1, 0.15) is 0 Å². The van der Waals surface area contributed by atoms with Gasteiger partial charge in [0.25, 0.3) is 0 Å². The molecule has 0 saturated carbocycles. The Hall–Kier alpha value is -1.16. The van der Waals surface area contributed by atoms with Gasteiger partial charge in [0.2, 0.25) is 0 Å². The molecule has 8 atom stereocenters. The summed E-state index contributed by atoms with van der Waals surface area (Å²) < 4.78 is 31.6. The topological polar surface area (TPSA) is 95.8 Å². The van der Waals surface area contributed by atoms with Crippen LogP contribution in [0, 0.1) is 0 Å². The van der Waals surface area contributed by atoms with Crippen LogP contribution in [0.5, 0.6) is 0 Å². The van der Waals surface area contributed by atoms with Crippen molar-refractivity contribution in [2.24, 2.45) is 0 Å². The molecule has 8 nitrogen and oxygen atoms in total. The van der Waals surface area contributed by atoms with Gasteiger partial charge in [-0.25, -0.2) is 0 Å². The van der Waals surface area contributed by atoms with Crippen molar-refractivity contribution < 1.29 is 38.6 Å². The number of ether oxygens (including phenoxy) is 6. The third-order valence-electron chi connectivity index (χ3n) is 4.51. The molecule has 0 spiro atoms. The molecule has 4 rings (SSSR count). The van der Waals surface area contributed by atoms with Gasteiger partial charge in [0.1, 0.15) is 48.8 Å². The molecular formula is C16H24O8. The van der Waals surface area contributed by atoms with Gasteiger partial charge in [-0.15, -0.1) is 0 Å². The van der Waals surface area contributed by atoms with E-state index in [0.717, 1.165) is 0 Å². The summed E-state index contributed by atoms with van der Waals surface area (Å²) in [6.07, 6.45) is 0.853. The van der Waals surface area contributed by atoms with Gasteiger partial charge >= 0.3 is 0 Å². The van der Waals surface area contributed by atoms with E-state index in [1.807, 2.05) is 0 Å². The van der Waals surface area contributed by atoms with Crippen molar-refractivity contribution in [3.05, 3.63) is 25.7 Å². The largest absolute Gasteiger partial charge is 0.493 e. The fraction of sp³-hybridized carbons (Fsp3) is 0.750. The number of aliphatic hydroxyl groups excluding tert-OH is 2. The van der Waals surface area contributed by atoms with Gasteiger partial charge in [0.05, 0.1) is 39.0 Å². The van der Waals surface area contributed by atoms with E-state index < -0.39 is 12.2 Å². The highest BCUT2D eigenvalue weighted by molar-refractivity contribution is 4.96. The van der Waals surface area contributed by atoms with E-state index in [2.05, 4.69) is 13.2 Å². The van der Waals surface area contributed by atoms with Crippen LogP contribution in [0.4, 0.5) is 0 Å². The lowest BCUT2D eigenvalue weighted by Crippen LogP contribution is -2.31. The predicted molar refractivity (Wildman–Crippen MR) is 81.1 cm³/mol. The normalized spacial score (nSPS) is 45.8. The van der Waals surface area contributed by atoms with Gasteiger partial charge < -0.3 is 38.6 Å². The summed E-state index contributed by atoms with van der Waals surface area (Å²) in [6, 6.07) is 0. The monoisotopic (exact) mass is 344 g/mol. The maximum atomic E-state index is 9.35. The van der Waals surface area contributed by atoms with Gasteiger partial charge in [0, 0.05) is 0 Å². The Morgan fingerprint density at radius 2 is 1.04 bits per heavy atom. The van der Waals surface area contributed by atoms with E-state index in [1.54, 1.807) is 0 Å². The highest BCUT2D eigenvalue weighted by Crippen LogP contribution is 2.29. The first-order valence-electron chi connectivity index (χ1n) is 8.01. The Morgan fingerprint density at radius 1 is 0.667 bits per heavy atom. The molecule has 0 unspecified atom stereocenters. The van der Waals surface area contributed by atoms with Crippen LogP contribution in [-0.4, -0.2) is 85.5 Å². The van der Waals surface area contributed by atoms with Crippen molar-refractivity contribution in [1.82, 2.24) is 0 Å². The first kappa shape index (κ1) is 17.7. The Bertz CT molecular complexity index is 404. The van der Waals surface area contributed by atoms with Gasteiger partial charge in [-0.2, -0.15) is 0 Å². The molecule has 8 heteroatoms. The van der Waals surface area contributed by atoms with Crippen molar-refractivity contribution in [3.63, 3.8) is 0 Å². The van der Waals surface area contributed by atoms with Crippen LogP contribution in [0.2, 0.25) is 0 Å². The Balaban J connectivity index is 0.000000141. The zero-order valence-electron chi connectivity index (χ0n) is 13.4. The Labute approximate surface area is 140 Å². The summed E-state index contributed by atoms with van der Waals surface area (Å²) in [5.74, 6) is 0. The van der Waals surface area contributed by atoms with E-state index in [1.165, 1.54) is 12.5 Å². The fourth-order valence-electron chi connectivity index (χ4n) is 3.37. The summed E-state index contributed by atoms with van der Waals surface area (Å²) in [5.41, 5.74) is 0. The minimum Gasteiger partial charge on any atom is -0.493 e. The molecule has 0 bridgehead atoms. The maximum Gasteiger partial charge on any atom is 0.150 e. The van der Waals surface area contributed by atoms with Crippen molar-refractivity contribution >= 4 is 0 Å². The molecule has 0 radical (unpaired) electrons. The van der Waals surface area contributed by atoms with Crippen molar-refractivity contribution in [1.29, 1.82) is 0 Å². The Morgan fingerprint density at radius 3 is 1.42 bits per heavy atom. The first-order valence-corrected chi connectivity index (χ1v) is 8.01. The molecule has 0 aromatic heterocycles. The highest BCUT2D eigenvalue weighted by Gasteiger charge is 2.48. The molecule has 24 heavy (non-hydrogen) atoms. The number of hydrogen-bond acceptors (Lipinski definition) is 8. The molecule has 4 aliphatic rings. The van der Waals surface area contributed by atoms with E-state index in [4.69, 9.17) is 28.4 Å². The molecule has 4 saturated heterocycles. The summed E-state index contributed by atoms with van der Waals surface area (Å²) in [4.78, 5) is 0. The van der Waals surface area contributed by atoms with E-state index in [-0.39, 0.29) is 36.6 Å². The molecule has 4 aliphatic heterocycles. The minimum atomic E-state index is -0.506. The molecule has 0 aromatic rings. The molecular weight excluding hydrogens is 320 g/mol. The molecule has 0 aliphatic carbocycles. The molecule has 136 valence electrons. The second-order valence-corrected chi connectivity index (χ2v) is 6.01. The highest BCUT2D eigenvalue weighted by atomic mass is 16.6. The molecule has 4 fully saturated rings. The third-order valence-corrected chi connectivity index (χ3v) is 4.51. The number of aliphatic hydroxyl groups is 2. The Kier molecular flexibility index (Phi) is 5.75. The van der Waals surface area contributed by atoms with Crippen LogP contribution >= 0.6 is 0 Å². The lowest BCUT2D eigenvalue weighted by molar-refractivity contribution is -0.00324. The molecule has 2 N–H and O–H groups in total. The van der Waals surface area contributed by atoms with Crippen LogP contribution in [0.3, 0.4) is 0 Å². The van der Waals surface area contributed by atoms with Crippen LogP contribution in [0.15, 0.2) is 25.7 Å². The average Bonchev–Trinajstić information content (AvgIpc) is 3.30. The zero-order valence-corrected chi connectivity index (χ0v) is 13.4. The summed E-state index contributed by atoms with van der Waals surface area (Å²) >= 11 is 0. The second-order valence-electron chi connectivity index (χ2n) is 6.01. The first-order chi connectivity index (χ1) is 11.7. The maximum absolute atomic E-state index is 9.35. The van der Waals surface area contributed by atoms with Crippen LogP contribution < -0.4 is 0 Å². The molecule has 0 amide bonds. The SMILES string of the molecule is C=CO[C@@H]1CO[C@H]2[C@@H]1OC[C@@H]2O.C=CO[C@H]1CO[C@H]2[C@@H]1OC[C@H]2O. The zero-order chi connectivity index (χ0) is 17.1. The average molecular weight is 344 g/mol. The van der Waals surface area contributed by atoms with Gasteiger partial charge in [-0.05, 0) is 0 Å². The van der Waals surface area contributed by atoms with Gasteiger partial charge in [-0.3, -0.25) is 0 Å². The van der Waals surface area contributed by atoms with Crippen molar-refractivity contribution in [2.75, 3.05) is 26.4 Å². The van der Waals surface area contributed by atoms with E-state index in [9.17, 15) is 10.2 Å². The van der Waals surface area contributed by atoms with Gasteiger partial charge in [-0.1, -0.05) is 13.2 Å². The lowest BCUT2D eigenvalue weighted by Gasteiger charge is -2.14. The summed E-state index contributed by atoms with van der Waals surface area (Å²) in [6.45, 7) is 8.54. The predicted octanol–water partition coefficient (Wildman–Crippen LogP) is -0.653. The smallest absolute Gasteiger partial charge is 0.150 e. The summed E-state index contributed by atoms with van der Waals surface area (Å²) in [5, 5.41) is 18.7. The van der Waals surface area contributed by atoms with Gasteiger partial charge in [0.15, 0.2) is 0 Å². The van der Waals surface area contributed by atoms with E-state index >= 15 is 0 Å². The number of fused-ring (bicyclic) bond motifs is 2. The van der Waals surface area contributed by atoms with E-state index in [0.29, 0.717) is 26.4 Å². The second kappa shape index (κ2) is 7.81. The third kappa shape index (κ3) is 3.44. The molecule has 4 heterocycles. The number of rotatable bonds is 4.